The number of allylic oxidation sites excluding steroid dienone is 1. The zero-order chi connectivity index (χ0) is 15.7. The fourth-order valence-corrected chi connectivity index (χ4v) is 4.27. The lowest BCUT2D eigenvalue weighted by atomic mass is 10.3. The maximum atomic E-state index is 13.0. The molecule has 0 bridgehead atoms. The van der Waals surface area contributed by atoms with Gasteiger partial charge in [0.15, 0.2) is 5.65 Å². The van der Waals surface area contributed by atoms with Crippen molar-refractivity contribution in [3.63, 3.8) is 0 Å². The Morgan fingerprint density at radius 2 is 1.91 bits per heavy atom. The lowest BCUT2D eigenvalue weighted by Gasteiger charge is -2.10. The third-order valence-electron chi connectivity index (χ3n) is 3.33. The van der Waals surface area contributed by atoms with Gasteiger partial charge in [0.2, 0.25) is 0 Å². The predicted octanol–water partition coefficient (Wildman–Crippen LogP) is 3.66. The molecule has 1 aromatic carbocycles. The summed E-state index contributed by atoms with van der Waals surface area (Å²) < 4.78 is 27.2. The van der Waals surface area contributed by atoms with Crippen LogP contribution >= 0.6 is 11.6 Å². The van der Waals surface area contributed by atoms with Gasteiger partial charge < -0.3 is 0 Å². The summed E-state index contributed by atoms with van der Waals surface area (Å²) in [7, 11) is -3.78. The number of halogens is 1. The zero-order valence-electron chi connectivity index (χ0n) is 11.6. The Balaban J connectivity index is 2.39. The molecule has 3 rings (SSSR count). The number of aromatic nitrogens is 2. The number of hydrogen-bond donors (Lipinski definition) is 0. The highest BCUT2D eigenvalue weighted by Crippen LogP contribution is 2.33. The summed E-state index contributed by atoms with van der Waals surface area (Å²) in [4.78, 5) is 4.40. The monoisotopic (exact) mass is 332 g/mol. The van der Waals surface area contributed by atoms with Crippen LogP contribution in [0.1, 0.15) is 5.69 Å². The molecule has 0 saturated carbocycles. The van der Waals surface area contributed by atoms with Gasteiger partial charge in [0.05, 0.1) is 15.6 Å². The second-order valence-electron chi connectivity index (χ2n) is 4.71. The smallest absolute Gasteiger partial charge is 0.237 e. The molecule has 0 fully saturated rings. The molecule has 6 heteroatoms. The lowest BCUT2D eigenvalue weighted by molar-refractivity contribution is 0.587. The number of benzene rings is 1. The maximum absolute atomic E-state index is 13.0. The number of fused-ring (bicyclic) bond motifs is 1. The van der Waals surface area contributed by atoms with E-state index < -0.39 is 10.0 Å². The van der Waals surface area contributed by atoms with E-state index in [1.165, 1.54) is 3.97 Å². The minimum Gasteiger partial charge on any atom is -0.237 e. The van der Waals surface area contributed by atoms with E-state index in [1.807, 2.05) is 0 Å². The van der Waals surface area contributed by atoms with Crippen LogP contribution in [0.2, 0.25) is 5.02 Å². The van der Waals surface area contributed by atoms with Crippen molar-refractivity contribution in [2.24, 2.45) is 0 Å². The third-order valence-corrected chi connectivity index (χ3v) is 5.50. The van der Waals surface area contributed by atoms with Crippen LogP contribution in [-0.2, 0) is 16.4 Å². The molecule has 0 radical (unpaired) electrons. The Labute approximate surface area is 133 Å². The van der Waals surface area contributed by atoms with Gasteiger partial charge in [0, 0.05) is 18.0 Å². The highest BCUT2D eigenvalue weighted by Gasteiger charge is 2.26. The molecule has 0 atom stereocenters. The Bertz CT molecular complexity index is 947. The standard InChI is InChI=1S/C16H13ClN2O2S/c1-2-7-14-15(17)13-10-6-11-18-16(13)19(14)22(20,21)12-8-4-3-5-9-12/h2-6,8-11H,1,7H2. The Morgan fingerprint density at radius 1 is 1.18 bits per heavy atom. The number of hydrogen-bond acceptors (Lipinski definition) is 3. The molecule has 2 heterocycles. The molecule has 4 nitrogen and oxygen atoms in total. The topological polar surface area (TPSA) is 52.0 Å². The van der Waals surface area contributed by atoms with Crippen molar-refractivity contribution < 1.29 is 8.42 Å². The Morgan fingerprint density at radius 3 is 2.59 bits per heavy atom. The van der Waals surface area contributed by atoms with Gasteiger partial charge in [-0.2, -0.15) is 0 Å². The van der Waals surface area contributed by atoms with E-state index in [9.17, 15) is 8.42 Å². The summed E-state index contributed by atoms with van der Waals surface area (Å²) >= 11 is 6.36. The van der Waals surface area contributed by atoms with Crippen LogP contribution in [0, 0.1) is 0 Å². The molecule has 0 aliphatic heterocycles. The quantitative estimate of drug-likeness (QED) is 0.685. The molecule has 0 amide bonds. The molecule has 0 aliphatic carbocycles. The molecule has 3 aromatic rings. The lowest BCUT2D eigenvalue weighted by Crippen LogP contribution is -2.16. The van der Waals surface area contributed by atoms with Crippen molar-refractivity contribution in [1.82, 2.24) is 8.96 Å². The van der Waals surface area contributed by atoms with Gasteiger partial charge in [-0.25, -0.2) is 17.4 Å². The van der Waals surface area contributed by atoms with Gasteiger partial charge in [-0.15, -0.1) is 6.58 Å². The fraction of sp³-hybridized carbons (Fsp3) is 0.0625. The summed E-state index contributed by atoms with van der Waals surface area (Å²) in [6.07, 6.45) is 3.51. The second-order valence-corrected chi connectivity index (χ2v) is 6.88. The first-order valence-electron chi connectivity index (χ1n) is 6.62. The first kappa shape index (κ1) is 14.8. The van der Waals surface area contributed by atoms with Crippen molar-refractivity contribution in [2.75, 3.05) is 0 Å². The third kappa shape index (κ3) is 2.23. The van der Waals surface area contributed by atoms with Gasteiger partial charge in [0.25, 0.3) is 10.0 Å². The van der Waals surface area contributed by atoms with Gasteiger partial charge in [-0.3, -0.25) is 0 Å². The van der Waals surface area contributed by atoms with Crippen LogP contribution < -0.4 is 0 Å². The molecular weight excluding hydrogens is 320 g/mol. The first-order valence-corrected chi connectivity index (χ1v) is 8.44. The SMILES string of the molecule is C=CCc1c(Cl)c2cccnc2n1S(=O)(=O)c1ccccc1. The molecule has 0 N–H and O–H groups in total. The molecule has 0 unspecified atom stereocenters. The van der Waals surface area contributed by atoms with Crippen LogP contribution in [-0.4, -0.2) is 17.4 Å². The second kappa shape index (κ2) is 5.59. The van der Waals surface area contributed by atoms with Crippen LogP contribution in [0.15, 0.2) is 66.2 Å². The summed E-state index contributed by atoms with van der Waals surface area (Å²) in [5.41, 5.74) is 0.794. The van der Waals surface area contributed by atoms with E-state index in [4.69, 9.17) is 11.6 Å². The molecule has 112 valence electrons. The first-order chi connectivity index (χ1) is 10.6. The van der Waals surface area contributed by atoms with E-state index in [1.54, 1.807) is 54.7 Å². The summed E-state index contributed by atoms with van der Waals surface area (Å²) in [5.74, 6) is 0. The van der Waals surface area contributed by atoms with Gasteiger partial charge in [-0.1, -0.05) is 35.9 Å². The van der Waals surface area contributed by atoms with Crippen LogP contribution in [0.4, 0.5) is 0 Å². The van der Waals surface area contributed by atoms with E-state index in [0.717, 1.165) is 0 Å². The molecule has 2 aromatic heterocycles. The van der Waals surface area contributed by atoms with Crippen LogP contribution in [0.3, 0.4) is 0 Å². The van der Waals surface area contributed by atoms with E-state index in [0.29, 0.717) is 28.2 Å². The summed E-state index contributed by atoms with van der Waals surface area (Å²) in [6.45, 7) is 3.68. The van der Waals surface area contributed by atoms with Crippen LogP contribution in [0.25, 0.3) is 11.0 Å². The van der Waals surface area contributed by atoms with Crippen molar-refractivity contribution in [1.29, 1.82) is 0 Å². The zero-order valence-corrected chi connectivity index (χ0v) is 13.2. The van der Waals surface area contributed by atoms with Gasteiger partial charge >= 0.3 is 0 Å². The number of rotatable bonds is 4. The van der Waals surface area contributed by atoms with E-state index >= 15 is 0 Å². The van der Waals surface area contributed by atoms with Crippen molar-refractivity contribution in [3.05, 3.63) is 72.0 Å². The maximum Gasteiger partial charge on any atom is 0.269 e. The van der Waals surface area contributed by atoms with Crippen molar-refractivity contribution in [2.45, 2.75) is 11.3 Å². The molecule has 22 heavy (non-hydrogen) atoms. The molecule has 0 spiro atoms. The predicted molar refractivity (Wildman–Crippen MR) is 87.7 cm³/mol. The minimum absolute atomic E-state index is 0.194. The molecule has 0 saturated heterocycles. The Hall–Kier alpha value is -2.11. The number of pyridine rings is 1. The summed E-state index contributed by atoms with van der Waals surface area (Å²) in [5, 5.41) is 1.00. The highest BCUT2D eigenvalue weighted by molar-refractivity contribution is 7.90. The van der Waals surface area contributed by atoms with Crippen molar-refractivity contribution >= 4 is 32.7 Å². The fourth-order valence-electron chi connectivity index (χ4n) is 2.37. The normalized spacial score (nSPS) is 11.7. The molecular formula is C16H13ClN2O2S. The summed E-state index contributed by atoms with van der Waals surface area (Å²) in [6, 6.07) is 11.7. The van der Waals surface area contributed by atoms with E-state index in [-0.39, 0.29) is 4.90 Å². The van der Waals surface area contributed by atoms with Gasteiger partial charge in [-0.05, 0) is 24.3 Å². The average molecular weight is 333 g/mol. The van der Waals surface area contributed by atoms with E-state index in [2.05, 4.69) is 11.6 Å². The van der Waals surface area contributed by atoms with Crippen molar-refractivity contribution in [3.8, 4) is 0 Å². The minimum atomic E-state index is -3.78. The number of nitrogens with zero attached hydrogens (tertiary/aromatic N) is 2. The highest BCUT2D eigenvalue weighted by atomic mass is 35.5. The molecule has 0 aliphatic rings. The van der Waals surface area contributed by atoms with Gasteiger partial charge in [0.1, 0.15) is 0 Å². The largest absolute Gasteiger partial charge is 0.269 e. The van der Waals surface area contributed by atoms with Crippen LogP contribution in [0.5, 0.6) is 0 Å². The Kier molecular flexibility index (Phi) is 3.76. The average Bonchev–Trinajstić information content (AvgIpc) is 2.82.